The second-order valence-corrected chi connectivity index (χ2v) is 7.01. The maximum Gasteiger partial charge on any atom is 0.251 e. The summed E-state index contributed by atoms with van der Waals surface area (Å²) in [5.74, 6) is -2.11. The zero-order valence-electron chi connectivity index (χ0n) is 16.4. The maximum atomic E-state index is 12.8. The van der Waals surface area contributed by atoms with E-state index >= 15 is 0 Å². The summed E-state index contributed by atoms with van der Waals surface area (Å²) in [6.45, 7) is 1.92. The van der Waals surface area contributed by atoms with Gasteiger partial charge in [0.05, 0.1) is 19.2 Å². The first-order valence-corrected chi connectivity index (χ1v) is 9.50. The molecule has 1 saturated heterocycles. The first-order valence-electron chi connectivity index (χ1n) is 9.09. The highest BCUT2D eigenvalue weighted by Crippen LogP contribution is 2.20. The van der Waals surface area contributed by atoms with E-state index in [-0.39, 0.29) is 11.5 Å². The minimum absolute atomic E-state index is 0.000522. The van der Waals surface area contributed by atoms with Crippen LogP contribution in [0.4, 0.5) is 5.69 Å². The number of aryl methyl sites for hydroxylation is 1. The van der Waals surface area contributed by atoms with E-state index in [1.165, 1.54) is 4.90 Å². The Labute approximate surface area is 178 Å². The fraction of sp³-hybridized carbons (Fsp3) is 0.190. The van der Waals surface area contributed by atoms with Crippen molar-refractivity contribution in [3.8, 4) is 5.75 Å². The molecule has 1 fully saturated rings. The van der Waals surface area contributed by atoms with Crippen molar-refractivity contribution < 1.29 is 19.1 Å². The molecule has 3 rings (SSSR count). The molecule has 1 atom stereocenters. The Morgan fingerprint density at radius 2 is 2.00 bits per heavy atom. The predicted molar refractivity (Wildman–Crippen MR) is 116 cm³/mol. The fourth-order valence-electron chi connectivity index (χ4n) is 2.85. The first kappa shape index (κ1) is 21.1. The lowest BCUT2D eigenvalue weighted by Crippen LogP contribution is -2.58. The predicted octanol–water partition coefficient (Wildman–Crippen LogP) is 1.71. The van der Waals surface area contributed by atoms with Gasteiger partial charge < -0.3 is 10.1 Å². The van der Waals surface area contributed by atoms with Crippen molar-refractivity contribution in [3.63, 3.8) is 0 Å². The Morgan fingerprint density at radius 3 is 2.70 bits per heavy atom. The summed E-state index contributed by atoms with van der Waals surface area (Å²) in [6, 6.07) is 14.2. The second kappa shape index (κ2) is 9.27. The second-order valence-electron chi connectivity index (χ2n) is 6.62. The van der Waals surface area contributed by atoms with Crippen molar-refractivity contribution >= 4 is 47.0 Å². The minimum Gasteiger partial charge on any atom is -0.497 e. The highest BCUT2D eigenvalue weighted by atomic mass is 32.1. The highest BCUT2D eigenvalue weighted by molar-refractivity contribution is 7.80. The quantitative estimate of drug-likeness (QED) is 0.318. The molecular formula is C21H20N4O4S. The summed E-state index contributed by atoms with van der Waals surface area (Å²) in [7, 11) is 1.54. The van der Waals surface area contributed by atoms with Crippen LogP contribution in [-0.4, -0.2) is 36.2 Å². The Kier molecular flexibility index (Phi) is 6.53. The summed E-state index contributed by atoms with van der Waals surface area (Å²) in [5.41, 5.74) is 4.64. The van der Waals surface area contributed by atoms with E-state index < -0.39 is 23.6 Å². The first-order chi connectivity index (χ1) is 14.4. The van der Waals surface area contributed by atoms with Crippen molar-refractivity contribution in [2.75, 3.05) is 12.0 Å². The number of hydrogen-bond donors (Lipinski definition) is 2. The van der Waals surface area contributed by atoms with E-state index in [2.05, 4.69) is 15.8 Å². The van der Waals surface area contributed by atoms with Crippen LogP contribution in [0, 0.1) is 12.8 Å². The van der Waals surface area contributed by atoms with Gasteiger partial charge >= 0.3 is 0 Å². The number of ether oxygens (including phenoxy) is 1. The SMILES string of the molecule is COc1cccc(CC(=O)N/N=C\[C@H]2C(=O)NC(=S)N(c3ccc(C)cc3)C2=O)c1. The van der Waals surface area contributed by atoms with Gasteiger partial charge in [0, 0.05) is 6.21 Å². The third kappa shape index (κ3) is 4.87. The number of anilines is 1. The number of rotatable bonds is 6. The van der Waals surface area contributed by atoms with Gasteiger partial charge in [-0.05, 0) is 49.0 Å². The molecule has 3 amide bonds. The van der Waals surface area contributed by atoms with Crippen LogP contribution in [0.3, 0.4) is 0 Å². The van der Waals surface area contributed by atoms with Crippen LogP contribution >= 0.6 is 12.2 Å². The summed E-state index contributed by atoms with van der Waals surface area (Å²) >= 11 is 5.15. The normalized spacial score (nSPS) is 16.5. The molecule has 30 heavy (non-hydrogen) atoms. The molecule has 1 heterocycles. The summed E-state index contributed by atoms with van der Waals surface area (Å²) in [4.78, 5) is 38.4. The lowest BCUT2D eigenvalue weighted by atomic mass is 10.1. The molecule has 1 aliphatic heterocycles. The summed E-state index contributed by atoms with van der Waals surface area (Å²) in [6.07, 6.45) is 1.17. The van der Waals surface area contributed by atoms with E-state index in [0.29, 0.717) is 11.4 Å². The zero-order chi connectivity index (χ0) is 21.7. The minimum atomic E-state index is -1.21. The molecule has 0 bridgehead atoms. The monoisotopic (exact) mass is 424 g/mol. The van der Waals surface area contributed by atoms with Crippen LogP contribution in [-0.2, 0) is 20.8 Å². The molecule has 0 aliphatic carbocycles. The molecule has 0 saturated carbocycles. The molecule has 8 nitrogen and oxygen atoms in total. The van der Waals surface area contributed by atoms with Gasteiger partial charge in [-0.2, -0.15) is 5.10 Å². The van der Waals surface area contributed by atoms with E-state index in [1.807, 2.05) is 19.1 Å². The number of amides is 3. The van der Waals surface area contributed by atoms with E-state index in [4.69, 9.17) is 17.0 Å². The number of benzene rings is 2. The number of carbonyl (C=O) groups is 3. The average Bonchev–Trinajstić information content (AvgIpc) is 2.71. The van der Waals surface area contributed by atoms with Crippen LogP contribution < -0.4 is 20.4 Å². The van der Waals surface area contributed by atoms with Crippen LogP contribution in [0.1, 0.15) is 11.1 Å². The van der Waals surface area contributed by atoms with Crippen molar-refractivity contribution in [2.24, 2.45) is 11.0 Å². The number of hydrogen-bond acceptors (Lipinski definition) is 6. The number of nitrogens with one attached hydrogen (secondary N) is 2. The Bertz CT molecular complexity index is 1020. The number of methoxy groups -OCH3 is 1. The smallest absolute Gasteiger partial charge is 0.251 e. The van der Waals surface area contributed by atoms with Crippen molar-refractivity contribution in [3.05, 3.63) is 59.7 Å². The Hall–Kier alpha value is -3.59. The lowest BCUT2D eigenvalue weighted by Gasteiger charge is -2.30. The van der Waals surface area contributed by atoms with Crippen LogP contribution in [0.2, 0.25) is 0 Å². The van der Waals surface area contributed by atoms with Crippen molar-refractivity contribution in [1.82, 2.24) is 10.7 Å². The van der Waals surface area contributed by atoms with Gasteiger partial charge in [-0.25, -0.2) is 5.43 Å². The standard InChI is InChI=1S/C21H20N4O4S/c1-13-6-8-15(9-7-13)25-20(28)17(19(27)23-21(25)30)12-22-24-18(26)11-14-4-3-5-16(10-14)29-2/h3-10,12,17H,11H2,1-2H3,(H,24,26)(H,23,27,30)/b22-12-/t17-/m0/s1. The zero-order valence-corrected chi connectivity index (χ0v) is 17.2. The van der Waals surface area contributed by atoms with Crippen LogP contribution in [0.5, 0.6) is 5.75 Å². The molecule has 154 valence electrons. The molecule has 0 aromatic heterocycles. The third-order valence-corrected chi connectivity index (χ3v) is 4.69. The summed E-state index contributed by atoms with van der Waals surface area (Å²) in [5, 5.41) is 6.29. The number of thiocarbonyl (C=S) groups is 1. The van der Waals surface area contributed by atoms with Gasteiger partial charge in [-0.3, -0.25) is 19.3 Å². The van der Waals surface area contributed by atoms with Gasteiger partial charge in [0.15, 0.2) is 11.0 Å². The van der Waals surface area contributed by atoms with E-state index in [1.54, 1.807) is 43.5 Å². The van der Waals surface area contributed by atoms with Crippen molar-refractivity contribution in [1.29, 1.82) is 0 Å². The van der Waals surface area contributed by atoms with Crippen LogP contribution in [0.25, 0.3) is 0 Å². The van der Waals surface area contributed by atoms with E-state index in [9.17, 15) is 14.4 Å². The van der Waals surface area contributed by atoms with Crippen molar-refractivity contribution in [2.45, 2.75) is 13.3 Å². The number of carbonyl (C=O) groups excluding carboxylic acids is 3. The highest BCUT2D eigenvalue weighted by Gasteiger charge is 2.38. The molecule has 2 N–H and O–H groups in total. The van der Waals surface area contributed by atoms with Gasteiger partial charge in [-0.15, -0.1) is 0 Å². The number of nitrogens with zero attached hydrogens (tertiary/aromatic N) is 2. The lowest BCUT2D eigenvalue weighted by molar-refractivity contribution is -0.130. The Balaban J connectivity index is 1.66. The largest absolute Gasteiger partial charge is 0.497 e. The maximum absolute atomic E-state index is 12.8. The average molecular weight is 424 g/mol. The van der Waals surface area contributed by atoms with E-state index in [0.717, 1.165) is 17.3 Å². The molecule has 1 aliphatic rings. The molecule has 2 aromatic carbocycles. The van der Waals surface area contributed by atoms with Crippen LogP contribution in [0.15, 0.2) is 53.6 Å². The molecule has 9 heteroatoms. The van der Waals surface area contributed by atoms with Gasteiger partial charge in [-0.1, -0.05) is 29.8 Å². The molecule has 0 spiro atoms. The molecular weight excluding hydrogens is 404 g/mol. The molecule has 2 aromatic rings. The fourth-order valence-corrected chi connectivity index (χ4v) is 3.15. The summed E-state index contributed by atoms with van der Waals surface area (Å²) < 4.78 is 5.12. The molecule has 0 radical (unpaired) electrons. The van der Waals surface area contributed by atoms with Gasteiger partial charge in [0.2, 0.25) is 11.8 Å². The van der Waals surface area contributed by atoms with Gasteiger partial charge in [0.1, 0.15) is 5.75 Å². The Morgan fingerprint density at radius 1 is 1.27 bits per heavy atom. The topological polar surface area (TPSA) is 100 Å². The third-order valence-electron chi connectivity index (χ3n) is 4.41. The van der Waals surface area contributed by atoms with Gasteiger partial charge in [0.25, 0.3) is 5.91 Å². The number of hydrazone groups is 1. The molecule has 0 unspecified atom stereocenters.